The van der Waals surface area contributed by atoms with Crippen LogP contribution in [-0.2, 0) is 10.9 Å². The van der Waals surface area contributed by atoms with E-state index in [-0.39, 0.29) is 18.1 Å². The van der Waals surface area contributed by atoms with Crippen molar-refractivity contribution in [3.05, 3.63) is 35.4 Å². The summed E-state index contributed by atoms with van der Waals surface area (Å²) in [7, 11) is 0. The Morgan fingerprint density at radius 3 is 2.21 bits per heavy atom. The number of hydrogen-bond acceptors (Lipinski definition) is 2. The monoisotopic (exact) mass is 343 g/mol. The van der Waals surface area contributed by atoms with Gasteiger partial charge >= 0.3 is 12.3 Å². The van der Waals surface area contributed by atoms with Crippen molar-refractivity contribution < 1.29 is 22.7 Å². The Balaban J connectivity index is 2.11. The van der Waals surface area contributed by atoms with Crippen molar-refractivity contribution in [2.24, 2.45) is 0 Å². The van der Waals surface area contributed by atoms with Gasteiger partial charge in [0.05, 0.1) is 5.56 Å². The van der Waals surface area contributed by atoms with Gasteiger partial charge in [-0.2, -0.15) is 13.2 Å². The van der Waals surface area contributed by atoms with E-state index in [4.69, 9.17) is 4.74 Å². The number of hydrogen-bond donors (Lipinski definition) is 0. The summed E-state index contributed by atoms with van der Waals surface area (Å²) in [5.41, 5.74) is -0.402. The average molecular weight is 343 g/mol. The first-order valence-corrected chi connectivity index (χ1v) is 8.14. The maximum absolute atomic E-state index is 12.7. The highest BCUT2D eigenvalue weighted by Gasteiger charge is 2.34. The predicted molar refractivity (Wildman–Crippen MR) is 85.8 cm³/mol. The Hall–Kier alpha value is -1.72. The fourth-order valence-electron chi connectivity index (χ4n) is 2.90. The molecule has 0 saturated carbocycles. The Kier molecular flexibility index (Phi) is 5.16. The van der Waals surface area contributed by atoms with Crippen molar-refractivity contribution >= 4 is 6.09 Å². The molecular formula is C18H24F3NO2. The summed E-state index contributed by atoms with van der Waals surface area (Å²) in [4.78, 5) is 14.0. The number of benzene rings is 1. The molecule has 0 aromatic heterocycles. The normalized spacial score (nSPS) is 22.4. The topological polar surface area (TPSA) is 29.5 Å². The molecule has 1 fully saturated rings. The number of ether oxygens (including phenoxy) is 1. The summed E-state index contributed by atoms with van der Waals surface area (Å²) < 4.78 is 43.4. The van der Waals surface area contributed by atoms with Crippen molar-refractivity contribution in [3.8, 4) is 0 Å². The van der Waals surface area contributed by atoms with Crippen LogP contribution in [0.1, 0.15) is 57.6 Å². The van der Waals surface area contributed by atoms with Gasteiger partial charge in [0.15, 0.2) is 0 Å². The minimum atomic E-state index is -4.33. The largest absolute Gasteiger partial charge is 0.444 e. The second-order valence-corrected chi connectivity index (χ2v) is 7.38. The van der Waals surface area contributed by atoms with Crippen LogP contribution in [0.4, 0.5) is 18.0 Å². The minimum absolute atomic E-state index is 0.0241. The third kappa shape index (κ3) is 4.65. The molecule has 0 bridgehead atoms. The molecule has 1 aromatic carbocycles. The fraction of sp³-hybridized carbons (Fsp3) is 0.611. The Bertz CT molecular complexity index is 575. The highest BCUT2D eigenvalue weighted by Crippen LogP contribution is 2.34. The summed E-state index contributed by atoms with van der Waals surface area (Å²) >= 11 is 0. The molecule has 2 rings (SSSR count). The Labute approximate surface area is 140 Å². The van der Waals surface area contributed by atoms with E-state index >= 15 is 0 Å². The molecule has 2 atom stereocenters. The lowest BCUT2D eigenvalue weighted by Crippen LogP contribution is -2.47. The van der Waals surface area contributed by atoms with E-state index in [0.29, 0.717) is 6.54 Å². The number of piperidine rings is 1. The zero-order chi connectivity index (χ0) is 18.1. The lowest BCUT2D eigenvalue weighted by molar-refractivity contribution is -0.137. The Morgan fingerprint density at radius 1 is 1.12 bits per heavy atom. The molecule has 3 nitrogen and oxygen atoms in total. The molecule has 0 aliphatic carbocycles. The molecule has 1 amide bonds. The van der Waals surface area contributed by atoms with Crippen LogP contribution in [0.2, 0.25) is 0 Å². The smallest absolute Gasteiger partial charge is 0.416 e. The van der Waals surface area contributed by atoms with Crippen LogP contribution in [-0.4, -0.2) is 29.2 Å². The number of alkyl halides is 3. The van der Waals surface area contributed by atoms with Gasteiger partial charge in [0.25, 0.3) is 0 Å². The van der Waals surface area contributed by atoms with E-state index in [1.807, 2.05) is 27.7 Å². The van der Waals surface area contributed by atoms with E-state index in [2.05, 4.69) is 0 Å². The molecule has 0 unspecified atom stereocenters. The van der Waals surface area contributed by atoms with Gasteiger partial charge in [-0.05, 0) is 58.2 Å². The molecule has 1 saturated heterocycles. The van der Waals surface area contributed by atoms with Gasteiger partial charge in [-0.1, -0.05) is 12.1 Å². The van der Waals surface area contributed by atoms with E-state index in [1.165, 1.54) is 12.1 Å². The summed E-state index contributed by atoms with van der Waals surface area (Å²) in [6, 6.07) is 5.29. The molecule has 24 heavy (non-hydrogen) atoms. The van der Waals surface area contributed by atoms with Gasteiger partial charge < -0.3 is 9.64 Å². The Morgan fingerprint density at radius 2 is 1.71 bits per heavy atom. The number of halogens is 3. The molecular weight excluding hydrogens is 319 g/mol. The first-order chi connectivity index (χ1) is 11.0. The summed E-state index contributed by atoms with van der Waals surface area (Å²) in [6.07, 6.45) is -3.06. The summed E-state index contributed by atoms with van der Waals surface area (Å²) in [6.45, 7) is 7.86. The van der Waals surface area contributed by atoms with E-state index in [1.54, 1.807) is 4.90 Å². The highest BCUT2D eigenvalue weighted by molar-refractivity contribution is 5.68. The predicted octanol–water partition coefficient (Wildman–Crippen LogP) is 5.21. The van der Waals surface area contributed by atoms with E-state index < -0.39 is 17.3 Å². The average Bonchev–Trinajstić information content (AvgIpc) is 2.45. The third-order valence-corrected chi connectivity index (χ3v) is 4.22. The number of rotatable bonds is 1. The van der Waals surface area contributed by atoms with Gasteiger partial charge in [0.1, 0.15) is 5.60 Å². The lowest BCUT2D eigenvalue weighted by atomic mass is 9.87. The molecule has 0 N–H and O–H groups in total. The number of nitrogens with zero attached hydrogens (tertiary/aromatic N) is 1. The van der Waals surface area contributed by atoms with Crippen LogP contribution in [0.5, 0.6) is 0 Å². The van der Waals surface area contributed by atoms with Crippen LogP contribution in [0.15, 0.2) is 24.3 Å². The maximum Gasteiger partial charge on any atom is 0.416 e. The maximum atomic E-state index is 12.7. The number of amides is 1. The zero-order valence-corrected chi connectivity index (χ0v) is 14.5. The fourth-order valence-corrected chi connectivity index (χ4v) is 2.90. The quantitative estimate of drug-likeness (QED) is 0.701. The van der Waals surface area contributed by atoms with Crippen LogP contribution < -0.4 is 0 Å². The van der Waals surface area contributed by atoms with Crippen molar-refractivity contribution in [1.29, 1.82) is 0 Å². The standard InChI is InChI=1S/C18H24F3NO2/c1-12-5-6-14(11-22(12)16(23)24-17(2,3)4)13-7-9-15(10-8-13)18(19,20)21/h7-10,12,14H,5-6,11H2,1-4H3/t12-,14-/m0/s1. The van der Waals surface area contributed by atoms with Crippen molar-refractivity contribution in [2.45, 2.75) is 64.3 Å². The van der Waals surface area contributed by atoms with Gasteiger partial charge in [0, 0.05) is 18.5 Å². The number of carbonyl (C=O) groups excluding carboxylic acids is 1. The SMILES string of the molecule is C[C@H]1CC[C@H](c2ccc(C(F)(F)F)cc2)CN1C(=O)OC(C)(C)C. The molecule has 0 radical (unpaired) electrons. The third-order valence-electron chi connectivity index (χ3n) is 4.22. The van der Waals surface area contributed by atoms with Crippen LogP contribution >= 0.6 is 0 Å². The van der Waals surface area contributed by atoms with Gasteiger partial charge in [-0.25, -0.2) is 4.79 Å². The molecule has 1 heterocycles. The van der Waals surface area contributed by atoms with Crippen molar-refractivity contribution in [3.63, 3.8) is 0 Å². The van der Waals surface area contributed by atoms with Crippen LogP contribution in [0.3, 0.4) is 0 Å². The van der Waals surface area contributed by atoms with Crippen molar-refractivity contribution in [1.82, 2.24) is 4.90 Å². The lowest BCUT2D eigenvalue weighted by Gasteiger charge is -2.38. The second-order valence-electron chi connectivity index (χ2n) is 7.38. The molecule has 1 aliphatic heterocycles. The molecule has 0 spiro atoms. The van der Waals surface area contributed by atoms with Gasteiger partial charge in [0.2, 0.25) is 0 Å². The summed E-state index contributed by atoms with van der Waals surface area (Å²) in [5.74, 6) is 0.0241. The molecule has 134 valence electrons. The van der Waals surface area contributed by atoms with Gasteiger partial charge in [-0.3, -0.25) is 0 Å². The number of carbonyl (C=O) groups is 1. The van der Waals surface area contributed by atoms with Crippen molar-refractivity contribution in [2.75, 3.05) is 6.54 Å². The van der Waals surface area contributed by atoms with Crippen LogP contribution in [0.25, 0.3) is 0 Å². The number of likely N-dealkylation sites (tertiary alicyclic amines) is 1. The highest BCUT2D eigenvalue weighted by atomic mass is 19.4. The molecule has 6 heteroatoms. The van der Waals surface area contributed by atoms with E-state index in [0.717, 1.165) is 30.5 Å². The van der Waals surface area contributed by atoms with Gasteiger partial charge in [-0.15, -0.1) is 0 Å². The second kappa shape index (κ2) is 6.65. The van der Waals surface area contributed by atoms with E-state index in [9.17, 15) is 18.0 Å². The first kappa shape index (κ1) is 18.6. The molecule has 1 aliphatic rings. The first-order valence-electron chi connectivity index (χ1n) is 8.14. The summed E-state index contributed by atoms with van der Waals surface area (Å²) in [5, 5.41) is 0. The minimum Gasteiger partial charge on any atom is -0.444 e. The molecule has 1 aromatic rings. The zero-order valence-electron chi connectivity index (χ0n) is 14.5. The van der Waals surface area contributed by atoms with Crippen LogP contribution in [0, 0.1) is 0 Å².